The Morgan fingerprint density at radius 3 is 2.96 bits per heavy atom. The summed E-state index contributed by atoms with van der Waals surface area (Å²) in [7, 11) is 2.06. The van der Waals surface area contributed by atoms with Crippen LogP contribution in [0.15, 0.2) is 42.7 Å². The number of nitrogens with one attached hydrogen (secondary N) is 1. The number of benzene rings is 1. The van der Waals surface area contributed by atoms with E-state index in [4.69, 9.17) is 0 Å². The predicted octanol–water partition coefficient (Wildman–Crippen LogP) is 1.60. The van der Waals surface area contributed by atoms with Crippen molar-refractivity contribution in [1.82, 2.24) is 15.2 Å². The van der Waals surface area contributed by atoms with Crippen molar-refractivity contribution in [2.75, 3.05) is 31.6 Å². The minimum absolute atomic E-state index is 0.0219. The molecule has 1 N–H and O–H groups in total. The molecule has 0 spiro atoms. The topological polar surface area (TPSA) is 91.6 Å². The Kier molecular flexibility index (Phi) is 4.95. The van der Waals surface area contributed by atoms with Gasteiger partial charge in [0.25, 0.3) is 5.69 Å². The van der Waals surface area contributed by atoms with Gasteiger partial charge >= 0.3 is 0 Å². The summed E-state index contributed by atoms with van der Waals surface area (Å²) in [6.07, 6.45) is 3.94. The molecule has 1 fully saturated rings. The molecule has 1 saturated heterocycles. The lowest BCUT2D eigenvalue weighted by Crippen LogP contribution is -2.60. The summed E-state index contributed by atoms with van der Waals surface area (Å²) in [5.41, 5.74) is 2.90. The number of aromatic nitrogens is 1. The van der Waals surface area contributed by atoms with Crippen LogP contribution in [0.4, 0.5) is 11.4 Å². The fourth-order valence-corrected chi connectivity index (χ4v) is 4.19. The third-order valence-electron chi connectivity index (χ3n) is 5.64. The number of anilines is 1. The smallest absolute Gasteiger partial charge is 0.269 e. The lowest BCUT2D eigenvalue weighted by atomic mass is 9.83. The van der Waals surface area contributed by atoms with Gasteiger partial charge in [-0.1, -0.05) is 6.07 Å². The number of hydrogen-bond acceptors (Lipinski definition) is 6. The molecule has 8 nitrogen and oxygen atoms in total. The monoisotopic (exact) mass is 381 g/mol. The molecule has 8 heteroatoms. The number of carbonyl (C=O) groups is 1. The molecule has 2 aromatic rings. The second-order valence-electron chi connectivity index (χ2n) is 7.48. The van der Waals surface area contributed by atoms with Gasteiger partial charge in [-0.3, -0.25) is 19.9 Å². The molecule has 2 atom stereocenters. The van der Waals surface area contributed by atoms with Gasteiger partial charge in [0.05, 0.1) is 16.9 Å². The van der Waals surface area contributed by atoms with Gasteiger partial charge in [0.1, 0.15) is 0 Å². The molecule has 2 aliphatic heterocycles. The average molecular weight is 381 g/mol. The predicted molar refractivity (Wildman–Crippen MR) is 105 cm³/mol. The third kappa shape index (κ3) is 3.55. The SMILES string of the molecule is CN1CCN2c3ccc([N+](=O)[O-])cc3CC(C(=O)NCc3cccnc3)C2C1. The number of non-ortho nitro benzene ring substituents is 1. The molecular weight excluding hydrogens is 358 g/mol. The Morgan fingerprint density at radius 1 is 1.36 bits per heavy atom. The van der Waals surface area contributed by atoms with Crippen molar-refractivity contribution in [1.29, 1.82) is 0 Å². The van der Waals surface area contributed by atoms with Crippen molar-refractivity contribution >= 4 is 17.3 Å². The number of fused-ring (bicyclic) bond motifs is 3. The number of carbonyl (C=O) groups excluding carboxylic acids is 1. The lowest BCUT2D eigenvalue weighted by molar-refractivity contribution is -0.384. The Labute approximate surface area is 163 Å². The van der Waals surface area contributed by atoms with E-state index >= 15 is 0 Å². The van der Waals surface area contributed by atoms with Gasteiger partial charge in [-0.05, 0) is 36.7 Å². The standard InChI is InChI=1S/C20H23N5O3/c1-23-7-8-24-18-5-4-16(25(27)28)9-15(18)10-17(19(24)13-23)20(26)22-12-14-3-2-6-21-11-14/h2-6,9,11,17,19H,7-8,10,12-13H2,1H3,(H,22,26). The molecule has 4 rings (SSSR count). The normalized spacial score (nSPS) is 21.5. The fraction of sp³-hybridized carbons (Fsp3) is 0.400. The zero-order chi connectivity index (χ0) is 19.7. The summed E-state index contributed by atoms with van der Waals surface area (Å²) in [6.45, 7) is 2.92. The molecule has 1 aromatic carbocycles. The van der Waals surface area contributed by atoms with E-state index < -0.39 is 0 Å². The summed E-state index contributed by atoms with van der Waals surface area (Å²) < 4.78 is 0. The van der Waals surface area contributed by atoms with E-state index in [-0.39, 0.29) is 28.5 Å². The number of pyridine rings is 1. The highest BCUT2D eigenvalue weighted by atomic mass is 16.6. The first kappa shape index (κ1) is 18.4. The lowest BCUT2D eigenvalue weighted by Gasteiger charge is -2.48. The van der Waals surface area contributed by atoms with Gasteiger partial charge in [0.2, 0.25) is 5.91 Å². The zero-order valence-corrected chi connectivity index (χ0v) is 15.7. The van der Waals surface area contributed by atoms with Crippen LogP contribution in [0.3, 0.4) is 0 Å². The van der Waals surface area contributed by atoms with Gasteiger partial charge in [-0.2, -0.15) is 0 Å². The number of hydrogen-bond donors (Lipinski definition) is 1. The largest absolute Gasteiger partial charge is 0.365 e. The number of amides is 1. The molecule has 28 heavy (non-hydrogen) atoms. The zero-order valence-electron chi connectivity index (χ0n) is 15.7. The van der Waals surface area contributed by atoms with Gasteiger partial charge < -0.3 is 15.1 Å². The van der Waals surface area contributed by atoms with Crippen molar-refractivity contribution in [2.45, 2.75) is 19.0 Å². The fourth-order valence-electron chi connectivity index (χ4n) is 4.19. The number of likely N-dealkylation sites (N-methyl/N-ethyl adjacent to an activating group) is 1. The van der Waals surface area contributed by atoms with Crippen LogP contribution in [-0.2, 0) is 17.8 Å². The molecular formula is C20H23N5O3. The number of piperazine rings is 1. The van der Waals surface area contributed by atoms with Crippen LogP contribution >= 0.6 is 0 Å². The van der Waals surface area contributed by atoms with Crippen LogP contribution in [-0.4, -0.2) is 53.4 Å². The van der Waals surface area contributed by atoms with Crippen LogP contribution in [0.2, 0.25) is 0 Å². The number of nitro benzene ring substituents is 1. The first-order chi connectivity index (χ1) is 13.5. The maximum Gasteiger partial charge on any atom is 0.269 e. The van der Waals surface area contributed by atoms with Crippen molar-refractivity contribution in [3.8, 4) is 0 Å². The first-order valence-corrected chi connectivity index (χ1v) is 9.42. The van der Waals surface area contributed by atoms with E-state index in [9.17, 15) is 14.9 Å². The molecule has 3 heterocycles. The van der Waals surface area contributed by atoms with Crippen molar-refractivity contribution in [3.63, 3.8) is 0 Å². The summed E-state index contributed by atoms with van der Waals surface area (Å²) in [5, 5.41) is 14.2. The summed E-state index contributed by atoms with van der Waals surface area (Å²) in [4.78, 5) is 32.4. The van der Waals surface area contributed by atoms with Gasteiger partial charge in [-0.25, -0.2) is 0 Å². The number of nitro groups is 1. The second kappa shape index (κ2) is 7.55. The van der Waals surface area contributed by atoms with Crippen molar-refractivity contribution in [2.24, 2.45) is 5.92 Å². The third-order valence-corrected chi connectivity index (χ3v) is 5.64. The van der Waals surface area contributed by atoms with Crippen LogP contribution in [0, 0.1) is 16.0 Å². The van der Waals surface area contributed by atoms with Crippen molar-refractivity contribution < 1.29 is 9.72 Å². The highest BCUT2D eigenvalue weighted by Gasteiger charge is 2.41. The van der Waals surface area contributed by atoms with Crippen LogP contribution in [0.1, 0.15) is 11.1 Å². The van der Waals surface area contributed by atoms with E-state index in [0.717, 1.165) is 36.4 Å². The molecule has 146 valence electrons. The molecule has 1 amide bonds. The number of rotatable bonds is 4. The van der Waals surface area contributed by atoms with E-state index in [1.165, 1.54) is 0 Å². The van der Waals surface area contributed by atoms with Crippen LogP contribution in [0.25, 0.3) is 0 Å². The van der Waals surface area contributed by atoms with Crippen LogP contribution < -0.4 is 10.2 Å². The molecule has 2 unspecified atom stereocenters. The molecule has 1 aromatic heterocycles. The first-order valence-electron chi connectivity index (χ1n) is 9.42. The molecule has 0 radical (unpaired) electrons. The van der Waals surface area contributed by atoms with Gasteiger partial charge in [0, 0.05) is 56.4 Å². The Bertz CT molecular complexity index is 889. The van der Waals surface area contributed by atoms with E-state index in [0.29, 0.717) is 13.0 Å². The van der Waals surface area contributed by atoms with Crippen molar-refractivity contribution in [3.05, 3.63) is 64.0 Å². The second-order valence-corrected chi connectivity index (χ2v) is 7.48. The highest BCUT2D eigenvalue weighted by molar-refractivity contribution is 5.82. The summed E-state index contributed by atoms with van der Waals surface area (Å²) in [6, 6.07) is 8.82. The summed E-state index contributed by atoms with van der Waals surface area (Å²) >= 11 is 0. The van der Waals surface area contributed by atoms with Gasteiger partial charge in [0.15, 0.2) is 0 Å². The number of nitrogens with zero attached hydrogens (tertiary/aromatic N) is 4. The maximum absolute atomic E-state index is 13.1. The highest BCUT2D eigenvalue weighted by Crippen LogP contribution is 2.37. The average Bonchev–Trinajstić information content (AvgIpc) is 2.71. The molecule has 0 bridgehead atoms. The van der Waals surface area contributed by atoms with E-state index in [1.54, 1.807) is 24.5 Å². The quantitative estimate of drug-likeness (QED) is 0.639. The van der Waals surface area contributed by atoms with E-state index in [1.807, 2.05) is 18.2 Å². The maximum atomic E-state index is 13.1. The Balaban J connectivity index is 1.59. The molecule has 0 aliphatic carbocycles. The Hall–Kier alpha value is -3.00. The van der Waals surface area contributed by atoms with E-state index in [2.05, 4.69) is 27.1 Å². The Morgan fingerprint density at radius 2 is 2.21 bits per heavy atom. The minimum atomic E-state index is -0.381. The van der Waals surface area contributed by atoms with Gasteiger partial charge in [-0.15, -0.1) is 0 Å². The van der Waals surface area contributed by atoms with Crippen LogP contribution in [0.5, 0.6) is 0 Å². The molecule has 2 aliphatic rings. The summed E-state index contributed by atoms with van der Waals surface area (Å²) in [5.74, 6) is -0.278. The molecule has 0 saturated carbocycles. The minimum Gasteiger partial charge on any atom is -0.365 e.